The van der Waals surface area contributed by atoms with Crippen molar-refractivity contribution in [3.05, 3.63) is 69.5 Å². The number of carbonyl (C=O) groups is 1. The number of carbonyl (C=O) groups excluding carboxylic acids is 1. The highest BCUT2D eigenvalue weighted by Gasteiger charge is 2.18. The Morgan fingerprint density at radius 2 is 1.71 bits per heavy atom. The van der Waals surface area contributed by atoms with E-state index in [4.69, 9.17) is 23.2 Å². The zero-order valence-electron chi connectivity index (χ0n) is 13.5. The molecule has 0 bridgehead atoms. The summed E-state index contributed by atoms with van der Waals surface area (Å²) in [5.74, 6) is -0.395. The van der Waals surface area contributed by atoms with Gasteiger partial charge in [0.05, 0.1) is 6.04 Å². The Bertz CT molecular complexity index is 686. The molecule has 0 aromatic heterocycles. The third-order valence-electron chi connectivity index (χ3n) is 3.77. The Morgan fingerprint density at radius 3 is 2.29 bits per heavy atom. The highest BCUT2D eigenvalue weighted by molar-refractivity contribution is 6.34. The summed E-state index contributed by atoms with van der Waals surface area (Å²) in [4.78, 5) is 14.2. The highest BCUT2D eigenvalue weighted by Crippen LogP contribution is 2.20. The highest BCUT2D eigenvalue weighted by atomic mass is 35.5. The van der Waals surface area contributed by atoms with Crippen LogP contribution in [0.15, 0.2) is 42.5 Å². The normalized spacial score (nSPS) is 12.2. The number of likely N-dealkylation sites (N-methyl/N-ethyl adjacent to an activating group) is 1. The molecule has 1 N–H and O–H groups in total. The van der Waals surface area contributed by atoms with E-state index in [0.717, 1.165) is 11.1 Å². The lowest BCUT2D eigenvalue weighted by Gasteiger charge is -2.24. The molecule has 0 heterocycles. The molecular formula is C18H19Cl2FN2O. The Hall–Kier alpha value is -1.62. The topological polar surface area (TPSA) is 32.3 Å². The number of amides is 1. The van der Waals surface area contributed by atoms with Crippen molar-refractivity contribution in [2.24, 2.45) is 0 Å². The maximum Gasteiger partial charge on any atom is 0.237 e. The summed E-state index contributed by atoms with van der Waals surface area (Å²) in [6.07, 6.45) is 0. The van der Waals surface area contributed by atoms with Gasteiger partial charge in [-0.05, 0) is 55.4 Å². The lowest BCUT2D eigenvalue weighted by molar-refractivity contribution is -0.125. The van der Waals surface area contributed by atoms with Crippen LogP contribution in [-0.4, -0.2) is 23.9 Å². The molecule has 0 aliphatic carbocycles. The van der Waals surface area contributed by atoms with Crippen LogP contribution in [0.2, 0.25) is 10.0 Å². The third-order valence-corrected chi connectivity index (χ3v) is 4.21. The molecule has 24 heavy (non-hydrogen) atoms. The van der Waals surface area contributed by atoms with Gasteiger partial charge in [0.25, 0.3) is 0 Å². The molecule has 1 amide bonds. The van der Waals surface area contributed by atoms with Crippen molar-refractivity contribution in [1.82, 2.24) is 10.2 Å². The van der Waals surface area contributed by atoms with Gasteiger partial charge in [-0.15, -0.1) is 0 Å². The molecule has 1 unspecified atom stereocenters. The minimum absolute atomic E-state index is 0.102. The number of hydrogen-bond acceptors (Lipinski definition) is 2. The minimum atomic E-state index is -0.330. The van der Waals surface area contributed by atoms with Crippen LogP contribution in [0.5, 0.6) is 0 Å². The summed E-state index contributed by atoms with van der Waals surface area (Å²) in [5, 5.41) is 3.99. The SMILES string of the molecule is CC(C(=O)NCc1ccc(F)cc1)N(C)Cc1cc(Cl)cc(Cl)c1. The maximum atomic E-state index is 12.9. The van der Waals surface area contributed by atoms with Crippen molar-refractivity contribution in [2.75, 3.05) is 7.05 Å². The number of nitrogens with zero attached hydrogens (tertiary/aromatic N) is 1. The monoisotopic (exact) mass is 368 g/mol. The molecule has 6 heteroatoms. The first kappa shape index (κ1) is 18.7. The van der Waals surface area contributed by atoms with E-state index in [9.17, 15) is 9.18 Å². The number of halogens is 3. The van der Waals surface area contributed by atoms with Crippen LogP contribution in [-0.2, 0) is 17.9 Å². The number of rotatable bonds is 6. The average molecular weight is 369 g/mol. The van der Waals surface area contributed by atoms with Crippen molar-refractivity contribution < 1.29 is 9.18 Å². The van der Waals surface area contributed by atoms with Gasteiger partial charge in [-0.1, -0.05) is 35.3 Å². The predicted molar refractivity (Wildman–Crippen MR) is 95.6 cm³/mol. The first-order chi connectivity index (χ1) is 11.3. The molecule has 1 atom stereocenters. The molecule has 0 aliphatic heterocycles. The molecule has 3 nitrogen and oxygen atoms in total. The average Bonchev–Trinajstić information content (AvgIpc) is 2.52. The van der Waals surface area contributed by atoms with E-state index < -0.39 is 0 Å². The molecule has 2 aromatic carbocycles. The van der Waals surface area contributed by atoms with E-state index in [-0.39, 0.29) is 17.8 Å². The summed E-state index contributed by atoms with van der Waals surface area (Å²) in [5.41, 5.74) is 1.79. The lowest BCUT2D eigenvalue weighted by atomic mass is 10.1. The third kappa shape index (κ3) is 5.48. The molecule has 0 fully saturated rings. The fraction of sp³-hybridized carbons (Fsp3) is 0.278. The van der Waals surface area contributed by atoms with Crippen LogP contribution in [0.25, 0.3) is 0 Å². The molecular weight excluding hydrogens is 350 g/mol. The first-order valence-electron chi connectivity index (χ1n) is 7.52. The van der Waals surface area contributed by atoms with E-state index >= 15 is 0 Å². The zero-order valence-corrected chi connectivity index (χ0v) is 15.0. The van der Waals surface area contributed by atoms with Crippen molar-refractivity contribution in [2.45, 2.75) is 26.1 Å². The van der Waals surface area contributed by atoms with Crippen LogP contribution in [0, 0.1) is 5.82 Å². The number of hydrogen-bond donors (Lipinski definition) is 1. The standard InChI is InChI=1S/C18H19Cl2FN2O/c1-12(18(24)22-10-13-3-5-17(21)6-4-13)23(2)11-14-7-15(19)9-16(20)8-14/h3-9,12H,10-11H2,1-2H3,(H,22,24). The van der Waals surface area contributed by atoms with Crippen LogP contribution in [0.3, 0.4) is 0 Å². The number of benzene rings is 2. The Labute approximate surface area is 151 Å². The van der Waals surface area contributed by atoms with Gasteiger partial charge >= 0.3 is 0 Å². The summed E-state index contributed by atoms with van der Waals surface area (Å²) in [6, 6.07) is 11.0. The summed E-state index contributed by atoms with van der Waals surface area (Å²) in [6.45, 7) is 2.73. The largest absolute Gasteiger partial charge is 0.351 e. The van der Waals surface area contributed by atoms with Crippen LogP contribution in [0.1, 0.15) is 18.1 Å². The maximum absolute atomic E-state index is 12.9. The van der Waals surface area contributed by atoms with Crippen LogP contribution < -0.4 is 5.32 Å². The van der Waals surface area contributed by atoms with Gasteiger partial charge in [-0.3, -0.25) is 9.69 Å². The molecule has 128 valence electrons. The van der Waals surface area contributed by atoms with E-state index in [1.807, 2.05) is 31.0 Å². The quantitative estimate of drug-likeness (QED) is 0.825. The Morgan fingerprint density at radius 1 is 1.12 bits per heavy atom. The van der Waals surface area contributed by atoms with Gasteiger partial charge in [0, 0.05) is 23.1 Å². The van der Waals surface area contributed by atoms with E-state index in [1.54, 1.807) is 18.2 Å². The molecule has 2 aromatic rings. The fourth-order valence-electron chi connectivity index (χ4n) is 2.27. The van der Waals surface area contributed by atoms with E-state index in [0.29, 0.717) is 23.1 Å². The van der Waals surface area contributed by atoms with Gasteiger partial charge in [-0.2, -0.15) is 0 Å². The second-order valence-electron chi connectivity index (χ2n) is 5.71. The number of nitrogens with one attached hydrogen (secondary N) is 1. The van der Waals surface area contributed by atoms with Gasteiger partial charge in [0.15, 0.2) is 0 Å². The molecule has 2 rings (SSSR count). The summed E-state index contributed by atoms with van der Waals surface area (Å²) < 4.78 is 12.9. The first-order valence-corrected chi connectivity index (χ1v) is 8.28. The zero-order chi connectivity index (χ0) is 17.7. The van der Waals surface area contributed by atoms with E-state index in [2.05, 4.69) is 5.32 Å². The van der Waals surface area contributed by atoms with Crippen molar-refractivity contribution in [1.29, 1.82) is 0 Å². The summed E-state index contributed by atoms with van der Waals surface area (Å²) in [7, 11) is 1.86. The summed E-state index contributed by atoms with van der Waals surface area (Å²) >= 11 is 12.0. The second kappa shape index (κ2) is 8.47. The second-order valence-corrected chi connectivity index (χ2v) is 6.59. The molecule has 0 aliphatic rings. The van der Waals surface area contributed by atoms with Gasteiger partial charge in [0.1, 0.15) is 5.82 Å². The van der Waals surface area contributed by atoms with Crippen LogP contribution in [0.4, 0.5) is 4.39 Å². The van der Waals surface area contributed by atoms with Crippen LogP contribution >= 0.6 is 23.2 Å². The predicted octanol–water partition coefficient (Wildman–Crippen LogP) is 4.27. The fourth-order valence-corrected chi connectivity index (χ4v) is 2.84. The van der Waals surface area contributed by atoms with Gasteiger partial charge in [-0.25, -0.2) is 4.39 Å². The van der Waals surface area contributed by atoms with Crippen molar-refractivity contribution in [3.63, 3.8) is 0 Å². The van der Waals surface area contributed by atoms with Gasteiger partial charge in [0.2, 0.25) is 5.91 Å². The van der Waals surface area contributed by atoms with Crippen molar-refractivity contribution in [3.8, 4) is 0 Å². The Kier molecular flexibility index (Phi) is 6.60. The minimum Gasteiger partial charge on any atom is -0.351 e. The molecule has 0 saturated carbocycles. The Balaban J connectivity index is 1.90. The van der Waals surface area contributed by atoms with Crippen molar-refractivity contribution >= 4 is 29.1 Å². The van der Waals surface area contributed by atoms with E-state index in [1.165, 1.54) is 12.1 Å². The molecule has 0 radical (unpaired) electrons. The lowest BCUT2D eigenvalue weighted by Crippen LogP contribution is -2.42. The smallest absolute Gasteiger partial charge is 0.237 e. The molecule has 0 spiro atoms. The molecule has 0 saturated heterocycles. The van der Waals surface area contributed by atoms with Gasteiger partial charge < -0.3 is 5.32 Å².